The number of nitrogens with zero attached hydrogens (tertiary/aromatic N) is 1. The minimum atomic E-state index is -0.819. The van der Waals surface area contributed by atoms with Crippen LogP contribution in [0.3, 0.4) is 0 Å². The molecular weight excluding hydrogens is 420 g/mol. The molecule has 1 aliphatic carbocycles. The van der Waals surface area contributed by atoms with Crippen LogP contribution in [-0.4, -0.2) is 41.5 Å². The van der Waals surface area contributed by atoms with Crippen molar-refractivity contribution < 1.29 is 23.9 Å². The summed E-state index contributed by atoms with van der Waals surface area (Å²) in [5.41, 5.74) is 8.95. The Kier molecular flexibility index (Phi) is 5.01. The molecule has 0 saturated carbocycles. The van der Waals surface area contributed by atoms with Crippen molar-refractivity contribution in [3.05, 3.63) is 99.6 Å². The Hall–Kier alpha value is -4.26. The third kappa shape index (κ3) is 3.47. The molecule has 1 aliphatic heterocycles. The van der Waals surface area contributed by atoms with Gasteiger partial charge in [-0.1, -0.05) is 48.5 Å². The van der Waals surface area contributed by atoms with Crippen molar-refractivity contribution in [3.8, 4) is 0 Å². The zero-order valence-electron chi connectivity index (χ0n) is 17.7. The number of benzene rings is 3. The van der Waals surface area contributed by atoms with Crippen molar-refractivity contribution in [1.82, 2.24) is 4.90 Å². The topological polar surface area (TPSA) is 107 Å². The second-order valence-electron chi connectivity index (χ2n) is 8.06. The molecule has 5 rings (SSSR count). The molecule has 3 aromatic carbocycles. The summed E-state index contributed by atoms with van der Waals surface area (Å²) in [6, 6.07) is 17.2. The van der Waals surface area contributed by atoms with Crippen LogP contribution in [0.1, 0.15) is 53.3 Å². The number of ketones is 2. The van der Waals surface area contributed by atoms with Gasteiger partial charge in [0.2, 0.25) is 0 Å². The highest BCUT2D eigenvalue weighted by atomic mass is 16.5. The van der Waals surface area contributed by atoms with Gasteiger partial charge in [-0.3, -0.25) is 14.4 Å². The van der Waals surface area contributed by atoms with Crippen molar-refractivity contribution in [2.24, 2.45) is 0 Å². The highest BCUT2D eigenvalue weighted by Crippen LogP contribution is 2.33. The van der Waals surface area contributed by atoms with E-state index < -0.39 is 18.4 Å². The number of ether oxygens (including phenoxy) is 1. The first-order valence-electron chi connectivity index (χ1n) is 10.6. The largest absolute Gasteiger partial charge is 0.452 e. The molecule has 0 saturated heterocycles. The average molecular weight is 440 g/mol. The predicted molar refractivity (Wildman–Crippen MR) is 120 cm³/mol. The Bertz CT molecular complexity index is 1340. The summed E-state index contributed by atoms with van der Waals surface area (Å²) < 4.78 is 5.23. The molecule has 7 heteroatoms. The van der Waals surface area contributed by atoms with Crippen molar-refractivity contribution in [2.45, 2.75) is 13.0 Å². The molecule has 1 heterocycles. The van der Waals surface area contributed by atoms with E-state index in [4.69, 9.17) is 10.5 Å². The molecule has 2 aliphatic rings. The van der Waals surface area contributed by atoms with Gasteiger partial charge in [0.25, 0.3) is 5.91 Å². The van der Waals surface area contributed by atoms with Crippen LogP contribution in [0.2, 0.25) is 0 Å². The van der Waals surface area contributed by atoms with Crippen LogP contribution in [0.15, 0.2) is 60.7 Å². The van der Waals surface area contributed by atoms with Gasteiger partial charge in [-0.15, -0.1) is 0 Å². The molecule has 164 valence electrons. The second kappa shape index (κ2) is 8.02. The maximum absolute atomic E-state index is 13.0. The van der Waals surface area contributed by atoms with E-state index in [-0.39, 0.29) is 39.6 Å². The summed E-state index contributed by atoms with van der Waals surface area (Å²) in [4.78, 5) is 52.7. The van der Waals surface area contributed by atoms with Gasteiger partial charge >= 0.3 is 5.97 Å². The third-order valence-electron chi connectivity index (χ3n) is 6.16. The van der Waals surface area contributed by atoms with Crippen LogP contribution in [0.25, 0.3) is 0 Å². The number of nitrogen functional groups attached to an aromatic ring is 1. The molecule has 0 unspecified atom stereocenters. The number of carbonyl (C=O) groups excluding carboxylic acids is 4. The van der Waals surface area contributed by atoms with E-state index in [0.717, 1.165) is 12.0 Å². The van der Waals surface area contributed by atoms with E-state index in [1.54, 1.807) is 29.2 Å². The van der Waals surface area contributed by atoms with Gasteiger partial charge in [-0.25, -0.2) is 4.79 Å². The van der Waals surface area contributed by atoms with Gasteiger partial charge in [0, 0.05) is 29.8 Å². The highest BCUT2D eigenvalue weighted by Gasteiger charge is 2.33. The predicted octanol–water partition coefficient (Wildman–Crippen LogP) is 2.79. The molecule has 0 atom stereocenters. The van der Waals surface area contributed by atoms with Crippen molar-refractivity contribution in [1.29, 1.82) is 0 Å². The standard InChI is InChI=1S/C26H20N2O5/c27-23-20(10-9-19-22(23)25(31)18-8-4-3-7-17(18)24(19)30)26(32)33-14-21(29)28-12-11-15-5-1-2-6-16(15)13-28/h1-10H,11-14,27H2. The summed E-state index contributed by atoms with van der Waals surface area (Å²) in [6.07, 6.45) is 0.741. The number of carbonyl (C=O) groups is 4. The fourth-order valence-electron chi connectivity index (χ4n) is 4.40. The fourth-order valence-corrected chi connectivity index (χ4v) is 4.40. The van der Waals surface area contributed by atoms with Crippen LogP contribution >= 0.6 is 0 Å². The zero-order valence-corrected chi connectivity index (χ0v) is 17.7. The zero-order chi connectivity index (χ0) is 23.1. The first kappa shape index (κ1) is 20.6. The first-order valence-corrected chi connectivity index (χ1v) is 10.6. The van der Waals surface area contributed by atoms with E-state index >= 15 is 0 Å². The maximum Gasteiger partial charge on any atom is 0.340 e. The lowest BCUT2D eigenvalue weighted by Gasteiger charge is -2.28. The molecule has 0 aromatic heterocycles. The Morgan fingerprint density at radius 1 is 0.848 bits per heavy atom. The lowest BCUT2D eigenvalue weighted by atomic mass is 9.82. The Morgan fingerprint density at radius 2 is 1.52 bits per heavy atom. The maximum atomic E-state index is 13.0. The van der Waals surface area contributed by atoms with Crippen LogP contribution < -0.4 is 5.73 Å². The summed E-state index contributed by atoms with van der Waals surface area (Å²) in [6.45, 7) is 0.571. The molecule has 0 bridgehead atoms. The third-order valence-corrected chi connectivity index (χ3v) is 6.16. The van der Waals surface area contributed by atoms with Crippen molar-refractivity contribution in [2.75, 3.05) is 18.9 Å². The normalized spacial score (nSPS) is 14.2. The SMILES string of the molecule is Nc1c(C(=O)OCC(=O)N2CCc3ccccc3C2)ccc2c1C(=O)c1ccccc1C2=O. The molecule has 3 aromatic rings. The number of nitrogens with two attached hydrogens (primary N) is 1. The van der Waals surface area contributed by atoms with E-state index in [1.807, 2.05) is 24.3 Å². The summed E-state index contributed by atoms with van der Waals surface area (Å²) >= 11 is 0. The van der Waals surface area contributed by atoms with E-state index in [0.29, 0.717) is 18.7 Å². The van der Waals surface area contributed by atoms with Gasteiger partial charge in [0.1, 0.15) is 0 Å². The van der Waals surface area contributed by atoms with Gasteiger partial charge < -0.3 is 15.4 Å². The molecule has 0 fully saturated rings. The minimum absolute atomic E-state index is 0.00730. The number of fused-ring (bicyclic) bond motifs is 3. The quantitative estimate of drug-likeness (QED) is 0.388. The molecular formula is C26H20N2O5. The molecule has 0 spiro atoms. The molecule has 2 N–H and O–H groups in total. The lowest BCUT2D eigenvalue weighted by Crippen LogP contribution is -2.38. The number of hydrogen-bond donors (Lipinski definition) is 1. The summed E-state index contributed by atoms with van der Waals surface area (Å²) in [5.74, 6) is -1.88. The molecule has 7 nitrogen and oxygen atoms in total. The van der Waals surface area contributed by atoms with Gasteiger partial charge in [0.15, 0.2) is 18.2 Å². The number of hydrogen-bond acceptors (Lipinski definition) is 6. The Morgan fingerprint density at radius 3 is 2.27 bits per heavy atom. The number of rotatable bonds is 3. The van der Waals surface area contributed by atoms with E-state index in [2.05, 4.69) is 0 Å². The second-order valence-corrected chi connectivity index (χ2v) is 8.06. The smallest absolute Gasteiger partial charge is 0.340 e. The molecule has 1 amide bonds. The monoisotopic (exact) mass is 440 g/mol. The highest BCUT2D eigenvalue weighted by molar-refractivity contribution is 6.30. The van der Waals surface area contributed by atoms with Crippen LogP contribution in [0.5, 0.6) is 0 Å². The lowest BCUT2D eigenvalue weighted by molar-refractivity contribution is -0.135. The van der Waals surface area contributed by atoms with E-state index in [9.17, 15) is 19.2 Å². The molecule has 33 heavy (non-hydrogen) atoms. The fraction of sp³-hybridized carbons (Fsp3) is 0.154. The first-order chi connectivity index (χ1) is 16.0. The van der Waals surface area contributed by atoms with Crippen LogP contribution in [0, 0.1) is 0 Å². The Labute approximate surface area is 189 Å². The molecule has 0 radical (unpaired) electrons. The average Bonchev–Trinajstić information content (AvgIpc) is 2.85. The number of anilines is 1. The van der Waals surface area contributed by atoms with Gasteiger partial charge in [-0.2, -0.15) is 0 Å². The number of amides is 1. The summed E-state index contributed by atoms with van der Waals surface area (Å²) in [7, 11) is 0. The summed E-state index contributed by atoms with van der Waals surface area (Å²) in [5, 5.41) is 0. The van der Waals surface area contributed by atoms with Crippen molar-refractivity contribution >= 4 is 29.1 Å². The van der Waals surface area contributed by atoms with Crippen LogP contribution in [0.4, 0.5) is 5.69 Å². The van der Waals surface area contributed by atoms with E-state index in [1.165, 1.54) is 17.7 Å². The minimum Gasteiger partial charge on any atom is -0.452 e. The Balaban J connectivity index is 1.33. The van der Waals surface area contributed by atoms with Gasteiger partial charge in [0.05, 0.1) is 16.8 Å². The number of esters is 1. The van der Waals surface area contributed by atoms with Crippen LogP contribution in [-0.2, 0) is 22.5 Å². The van der Waals surface area contributed by atoms with Gasteiger partial charge in [-0.05, 0) is 29.7 Å². The van der Waals surface area contributed by atoms with Crippen molar-refractivity contribution in [3.63, 3.8) is 0 Å².